The van der Waals surface area contributed by atoms with Crippen LogP contribution in [0.25, 0.3) is 10.9 Å². The lowest BCUT2D eigenvalue weighted by Crippen LogP contribution is -2.34. The number of hydrazine groups is 1. The lowest BCUT2D eigenvalue weighted by molar-refractivity contribution is -0.116. The van der Waals surface area contributed by atoms with Gasteiger partial charge in [0, 0.05) is 25.1 Å². The highest BCUT2D eigenvalue weighted by Crippen LogP contribution is 2.30. The average Bonchev–Trinajstić information content (AvgIpc) is 2.55. The van der Waals surface area contributed by atoms with Gasteiger partial charge in [-0.2, -0.15) is 0 Å². The van der Waals surface area contributed by atoms with E-state index in [2.05, 4.69) is 26.1 Å². The summed E-state index contributed by atoms with van der Waals surface area (Å²) in [5.41, 5.74) is 4.79. The first-order chi connectivity index (χ1) is 11.1. The number of aromatic nitrogens is 2. The van der Waals surface area contributed by atoms with E-state index in [1.54, 1.807) is 12.1 Å². The van der Waals surface area contributed by atoms with Crippen LogP contribution in [-0.4, -0.2) is 33.9 Å². The van der Waals surface area contributed by atoms with E-state index in [9.17, 15) is 14.7 Å². The van der Waals surface area contributed by atoms with Gasteiger partial charge in [0.25, 0.3) is 5.91 Å². The Kier molecular flexibility index (Phi) is 5.42. The van der Waals surface area contributed by atoms with Gasteiger partial charge >= 0.3 is 0 Å². The van der Waals surface area contributed by atoms with Crippen LogP contribution in [0.1, 0.15) is 36.7 Å². The predicted molar refractivity (Wildman–Crippen MR) is 85.9 cm³/mol. The highest BCUT2D eigenvalue weighted by molar-refractivity contribution is 6.06. The number of hydrogen-bond acceptors (Lipinski definition) is 6. The molecule has 0 spiro atoms. The molecule has 0 aromatic carbocycles. The molecule has 2 aromatic heterocycles. The zero-order valence-corrected chi connectivity index (χ0v) is 13.0. The summed E-state index contributed by atoms with van der Waals surface area (Å²) < 4.78 is 0. The van der Waals surface area contributed by atoms with Gasteiger partial charge in [-0.1, -0.05) is 13.3 Å². The van der Waals surface area contributed by atoms with Gasteiger partial charge in [0.1, 0.15) is 11.3 Å². The molecule has 0 atom stereocenters. The molecule has 0 bridgehead atoms. The number of rotatable bonds is 6. The maximum Gasteiger partial charge on any atom is 0.287 e. The molecule has 0 saturated heterocycles. The Morgan fingerprint density at radius 3 is 2.83 bits per heavy atom. The summed E-state index contributed by atoms with van der Waals surface area (Å²) >= 11 is 0. The van der Waals surface area contributed by atoms with Crippen molar-refractivity contribution in [3.63, 3.8) is 0 Å². The summed E-state index contributed by atoms with van der Waals surface area (Å²) in [5, 5.41) is 13.4. The number of hydrogen-bond donors (Lipinski definition) is 4. The second-order valence-corrected chi connectivity index (χ2v) is 4.91. The smallest absolute Gasteiger partial charge is 0.287 e. The van der Waals surface area contributed by atoms with Gasteiger partial charge in [0.05, 0.1) is 0 Å². The van der Waals surface area contributed by atoms with Crippen LogP contribution in [0.3, 0.4) is 0 Å². The van der Waals surface area contributed by atoms with E-state index in [0.717, 1.165) is 12.8 Å². The molecule has 0 aliphatic heterocycles. The lowest BCUT2D eigenvalue weighted by atomic mass is 10.2. The summed E-state index contributed by atoms with van der Waals surface area (Å²) in [7, 11) is 1.52. The zero-order chi connectivity index (χ0) is 16.8. The van der Waals surface area contributed by atoms with E-state index in [-0.39, 0.29) is 28.7 Å². The first-order valence-corrected chi connectivity index (χ1v) is 7.33. The molecule has 8 heteroatoms. The molecule has 2 heterocycles. The zero-order valence-electron chi connectivity index (χ0n) is 13.0. The summed E-state index contributed by atoms with van der Waals surface area (Å²) in [5.74, 6) is -0.954. The summed E-state index contributed by atoms with van der Waals surface area (Å²) in [6.45, 7) is 1.99. The number of amides is 2. The number of unbranched alkanes of at least 4 members (excludes halogenated alkanes) is 1. The number of nitrogens with zero attached hydrogens (tertiary/aromatic N) is 2. The van der Waals surface area contributed by atoms with Crippen LogP contribution < -0.4 is 16.2 Å². The van der Waals surface area contributed by atoms with E-state index in [1.807, 2.05) is 6.92 Å². The van der Waals surface area contributed by atoms with Crippen LogP contribution in [-0.2, 0) is 4.79 Å². The molecular formula is C15H19N5O3. The van der Waals surface area contributed by atoms with E-state index >= 15 is 0 Å². The molecule has 2 amide bonds. The molecule has 0 aliphatic rings. The normalized spacial score (nSPS) is 10.5. The van der Waals surface area contributed by atoms with Crippen molar-refractivity contribution in [3.05, 3.63) is 24.0 Å². The molecule has 0 unspecified atom stereocenters. The van der Waals surface area contributed by atoms with Gasteiger partial charge in [0.2, 0.25) is 5.91 Å². The number of aromatic hydroxyl groups is 1. The van der Waals surface area contributed by atoms with Crippen molar-refractivity contribution in [1.82, 2.24) is 20.8 Å². The number of fused-ring (bicyclic) bond motifs is 1. The topological polar surface area (TPSA) is 116 Å². The summed E-state index contributed by atoms with van der Waals surface area (Å²) in [6.07, 6.45) is 3.51. The van der Waals surface area contributed by atoms with Crippen molar-refractivity contribution in [2.45, 2.75) is 26.2 Å². The van der Waals surface area contributed by atoms with Crippen molar-refractivity contribution in [2.75, 3.05) is 12.4 Å². The first kappa shape index (κ1) is 16.6. The van der Waals surface area contributed by atoms with Gasteiger partial charge in [-0.25, -0.2) is 10.4 Å². The van der Waals surface area contributed by atoms with Crippen molar-refractivity contribution >= 4 is 28.5 Å². The third kappa shape index (κ3) is 3.72. The van der Waals surface area contributed by atoms with E-state index < -0.39 is 5.91 Å². The molecule has 8 nitrogen and oxygen atoms in total. The second-order valence-electron chi connectivity index (χ2n) is 4.91. The molecule has 0 fully saturated rings. The van der Waals surface area contributed by atoms with Crippen molar-refractivity contribution in [2.24, 2.45) is 0 Å². The Morgan fingerprint density at radius 1 is 1.35 bits per heavy atom. The van der Waals surface area contributed by atoms with Crippen molar-refractivity contribution in [3.8, 4) is 5.75 Å². The Bertz CT molecular complexity index is 732. The van der Waals surface area contributed by atoms with Gasteiger partial charge in [0.15, 0.2) is 11.4 Å². The molecular weight excluding hydrogens is 298 g/mol. The van der Waals surface area contributed by atoms with Crippen LogP contribution in [0.4, 0.5) is 5.82 Å². The van der Waals surface area contributed by atoms with Crippen LogP contribution in [0.5, 0.6) is 5.75 Å². The average molecular weight is 317 g/mol. The Morgan fingerprint density at radius 2 is 2.13 bits per heavy atom. The van der Waals surface area contributed by atoms with Crippen LogP contribution >= 0.6 is 0 Å². The fourth-order valence-electron chi connectivity index (χ4n) is 2.08. The second kappa shape index (κ2) is 7.50. The van der Waals surface area contributed by atoms with E-state index in [1.165, 1.54) is 13.2 Å². The lowest BCUT2D eigenvalue weighted by Gasteiger charge is -2.12. The fourth-order valence-corrected chi connectivity index (χ4v) is 2.08. The Hall–Kier alpha value is -2.74. The minimum Gasteiger partial charge on any atom is -0.504 e. The third-order valence-corrected chi connectivity index (χ3v) is 3.20. The van der Waals surface area contributed by atoms with Crippen LogP contribution in [0.2, 0.25) is 0 Å². The SMILES string of the molecule is CCCCC(=O)Nc1nc(C(=O)NNC)c(O)c2ncccc12. The molecule has 0 radical (unpaired) electrons. The molecule has 122 valence electrons. The Labute approximate surface area is 133 Å². The van der Waals surface area contributed by atoms with Gasteiger partial charge < -0.3 is 10.4 Å². The number of anilines is 1. The number of carbonyl (C=O) groups is 2. The van der Waals surface area contributed by atoms with Gasteiger partial charge in [-0.15, -0.1) is 0 Å². The van der Waals surface area contributed by atoms with Crippen LogP contribution in [0.15, 0.2) is 18.3 Å². The quantitative estimate of drug-likeness (QED) is 0.597. The number of pyridine rings is 2. The summed E-state index contributed by atoms with van der Waals surface area (Å²) in [6, 6.07) is 3.34. The number of carbonyl (C=O) groups excluding carboxylic acids is 2. The molecule has 0 saturated carbocycles. The van der Waals surface area contributed by atoms with Gasteiger partial charge in [-0.05, 0) is 18.6 Å². The third-order valence-electron chi connectivity index (χ3n) is 3.20. The molecule has 2 aromatic rings. The maximum atomic E-state index is 12.0. The predicted octanol–water partition coefficient (Wildman–Crippen LogP) is 1.33. The Balaban J connectivity index is 2.47. The number of nitrogens with one attached hydrogen (secondary N) is 3. The highest BCUT2D eigenvalue weighted by atomic mass is 16.3. The molecule has 0 aliphatic carbocycles. The van der Waals surface area contributed by atoms with Gasteiger partial charge in [-0.3, -0.25) is 20.0 Å². The summed E-state index contributed by atoms with van der Waals surface area (Å²) in [4.78, 5) is 32.1. The van der Waals surface area contributed by atoms with Crippen molar-refractivity contribution in [1.29, 1.82) is 0 Å². The van der Waals surface area contributed by atoms with Crippen LogP contribution in [0, 0.1) is 0 Å². The van der Waals surface area contributed by atoms with E-state index in [0.29, 0.717) is 11.8 Å². The molecule has 23 heavy (non-hydrogen) atoms. The van der Waals surface area contributed by atoms with E-state index in [4.69, 9.17) is 0 Å². The highest BCUT2D eigenvalue weighted by Gasteiger charge is 2.20. The monoisotopic (exact) mass is 317 g/mol. The standard InChI is InChI=1S/C15H19N5O3/c1-3-4-7-10(21)18-14-9-6-5-8-17-11(9)13(22)12(19-14)15(23)20-16-2/h5-6,8,16,22H,3-4,7H2,1-2H3,(H,20,23)(H,18,19,21). The first-order valence-electron chi connectivity index (χ1n) is 7.33. The largest absolute Gasteiger partial charge is 0.504 e. The minimum atomic E-state index is -0.624. The molecule has 2 rings (SSSR count). The fraction of sp³-hybridized carbons (Fsp3) is 0.333. The maximum absolute atomic E-state index is 12.0. The minimum absolute atomic E-state index is 0.199. The van der Waals surface area contributed by atoms with Crippen molar-refractivity contribution < 1.29 is 14.7 Å². The molecule has 4 N–H and O–H groups in total.